The molecular formula is C28H37ClN2O6. The van der Waals surface area contributed by atoms with Crippen LogP contribution in [-0.2, 0) is 28.5 Å². The molecule has 37 heavy (non-hydrogen) atoms. The van der Waals surface area contributed by atoms with Crippen molar-refractivity contribution in [3.8, 4) is 6.07 Å². The third kappa shape index (κ3) is 7.13. The normalized spacial score (nSPS) is 17.4. The van der Waals surface area contributed by atoms with Gasteiger partial charge in [-0.3, -0.25) is 0 Å². The minimum absolute atomic E-state index is 0.0366. The van der Waals surface area contributed by atoms with Crippen LogP contribution in [-0.4, -0.2) is 51.6 Å². The van der Waals surface area contributed by atoms with Crippen molar-refractivity contribution < 1.29 is 28.5 Å². The molecule has 0 saturated carbocycles. The lowest BCUT2D eigenvalue weighted by Gasteiger charge is -2.32. The lowest BCUT2D eigenvalue weighted by molar-refractivity contribution is -0.144. The predicted octanol–water partition coefficient (Wildman–Crippen LogP) is 4.87. The van der Waals surface area contributed by atoms with Crippen LogP contribution in [0.5, 0.6) is 0 Å². The third-order valence-electron chi connectivity index (χ3n) is 6.51. The van der Waals surface area contributed by atoms with Gasteiger partial charge in [-0.2, -0.15) is 5.26 Å². The molecule has 0 fully saturated rings. The number of allylic oxidation sites excluding steroid dienone is 2. The molecular weight excluding hydrogens is 496 g/mol. The average Bonchev–Trinajstić information content (AvgIpc) is 2.83. The van der Waals surface area contributed by atoms with E-state index in [0.29, 0.717) is 17.0 Å². The summed E-state index contributed by atoms with van der Waals surface area (Å²) in [5, 5.41) is 12.8. The van der Waals surface area contributed by atoms with Crippen molar-refractivity contribution in [1.82, 2.24) is 5.32 Å². The Morgan fingerprint density at radius 1 is 0.946 bits per heavy atom. The average molecular weight is 533 g/mol. The van der Waals surface area contributed by atoms with Crippen LogP contribution >= 0.6 is 11.6 Å². The smallest absolute Gasteiger partial charge is 0.336 e. The number of methoxy groups -OCH3 is 2. The van der Waals surface area contributed by atoms with E-state index < -0.39 is 17.9 Å². The molecule has 1 aliphatic heterocycles. The van der Waals surface area contributed by atoms with Gasteiger partial charge in [0, 0.05) is 25.6 Å². The van der Waals surface area contributed by atoms with Crippen LogP contribution in [0.4, 0.5) is 0 Å². The number of rotatable bonds is 11. The molecule has 0 spiro atoms. The molecule has 0 saturated heterocycles. The summed E-state index contributed by atoms with van der Waals surface area (Å²) in [5.41, 5.74) is 2.10. The molecule has 8 nitrogen and oxygen atoms in total. The van der Waals surface area contributed by atoms with E-state index in [1.807, 2.05) is 27.7 Å². The molecule has 1 aromatic rings. The second kappa shape index (κ2) is 13.6. The zero-order valence-corrected chi connectivity index (χ0v) is 23.6. The summed E-state index contributed by atoms with van der Waals surface area (Å²) in [6, 6.07) is 6.99. The topological polar surface area (TPSA) is 107 Å². The first-order valence-electron chi connectivity index (χ1n) is 12.2. The Hall–Kier alpha value is -2.86. The molecule has 2 unspecified atom stereocenters. The SMILES string of the molecule is COC(COC(=O)C1=C(C)NC(C)=C(C(=O)OCC(OC)C(C)C)C1c1cccc(C#N)c1Cl)C(C)C. The van der Waals surface area contributed by atoms with Gasteiger partial charge in [0.2, 0.25) is 0 Å². The van der Waals surface area contributed by atoms with Gasteiger partial charge in [-0.1, -0.05) is 51.4 Å². The van der Waals surface area contributed by atoms with Crippen LogP contribution in [0.3, 0.4) is 0 Å². The zero-order valence-electron chi connectivity index (χ0n) is 22.8. The Balaban J connectivity index is 2.56. The highest BCUT2D eigenvalue weighted by Gasteiger charge is 2.40. The fourth-order valence-corrected chi connectivity index (χ4v) is 4.52. The van der Waals surface area contributed by atoms with Gasteiger partial charge in [-0.15, -0.1) is 0 Å². The Morgan fingerprint density at radius 2 is 1.41 bits per heavy atom. The highest BCUT2D eigenvalue weighted by molar-refractivity contribution is 6.32. The van der Waals surface area contributed by atoms with E-state index in [1.165, 1.54) is 0 Å². The van der Waals surface area contributed by atoms with Crippen molar-refractivity contribution in [2.75, 3.05) is 27.4 Å². The van der Waals surface area contributed by atoms with Gasteiger partial charge >= 0.3 is 11.9 Å². The number of hydrogen-bond donors (Lipinski definition) is 1. The summed E-state index contributed by atoms with van der Waals surface area (Å²) in [6.07, 6.45) is -0.594. The van der Waals surface area contributed by atoms with Crippen LogP contribution in [0.25, 0.3) is 0 Å². The van der Waals surface area contributed by atoms with Crippen LogP contribution < -0.4 is 5.32 Å². The second-order valence-corrected chi connectivity index (χ2v) is 10.1. The van der Waals surface area contributed by atoms with Crippen molar-refractivity contribution >= 4 is 23.5 Å². The van der Waals surface area contributed by atoms with E-state index in [0.717, 1.165) is 0 Å². The molecule has 0 aromatic heterocycles. The van der Waals surface area contributed by atoms with E-state index in [-0.39, 0.29) is 59.0 Å². The Kier molecular flexibility index (Phi) is 11.2. The van der Waals surface area contributed by atoms with E-state index in [4.69, 9.17) is 30.5 Å². The lowest BCUT2D eigenvalue weighted by Crippen LogP contribution is -2.35. The van der Waals surface area contributed by atoms with E-state index in [9.17, 15) is 14.9 Å². The monoisotopic (exact) mass is 532 g/mol. The van der Waals surface area contributed by atoms with Crippen LogP contribution in [0.1, 0.15) is 58.6 Å². The van der Waals surface area contributed by atoms with Crippen molar-refractivity contribution in [3.05, 3.63) is 56.9 Å². The van der Waals surface area contributed by atoms with Crippen LogP contribution in [0.15, 0.2) is 40.7 Å². The predicted molar refractivity (Wildman–Crippen MR) is 141 cm³/mol. The molecule has 202 valence electrons. The maximum atomic E-state index is 13.5. The molecule has 0 bridgehead atoms. The number of carbonyl (C=O) groups is 2. The number of esters is 2. The number of hydrogen-bond acceptors (Lipinski definition) is 8. The quantitative estimate of drug-likeness (QED) is 0.402. The molecule has 1 aromatic carbocycles. The van der Waals surface area contributed by atoms with Gasteiger partial charge in [-0.25, -0.2) is 9.59 Å². The van der Waals surface area contributed by atoms with Crippen LogP contribution in [0, 0.1) is 23.2 Å². The fraction of sp³-hybridized carbons (Fsp3) is 0.536. The number of ether oxygens (including phenoxy) is 4. The lowest BCUT2D eigenvalue weighted by atomic mass is 9.80. The molecule has 1 heterocycles. The van der Waals surface area contributed by atoms with Crippen molar-refractivity contribution in [2.45, 2.75) is 59.7 Å². The largest absolute Gasteiger partial charge is 0.459 e. The number of carbonyl (C=O) groups excluding carboxylic acids is 2. The standard InChI is InChI=1S/C28H37ClN2O6/c1-15(2)21(34-7)13-36-27(32)23-17(5)31-18(6)24(28(33)37-14-22(35-8)16(3)4)25(23)20-11-9-10-19(12-30)26(20)29/h9-11,15-16,21-22,25,31H,13-14H2,1-8H3. The minimum Gasteiger partial charge on any atom is -0.459 e. The highest BCUT2D eigenvalue weighted by atomic mass is 35.5. The maximum absolute atomic E-state index is 13.5. The van der Waals surface area contributed by atoms with Crippen molar-refractivity contribution in [3.63, 3.8) is 0 Å². The van der Waals surface area contributed by atoms with Gasteiger partial charge in [0.1, 0.15) is 19.3 Å². The number of halogens is 1. The summed E-state index contributed by atoms with van der Waals surface area (Å²) < 4.78 is 22.2. The maximum Gasteiger partial charge on any atom is 0.336 e. The second-order valence-electron chi connectivity index (χ2n) is 9.69. The number of dihydropyridines is 1. The Labute approximate surface area is 224 Å². The summed E-state index contributed by atoms with van der Waals surface area (Å²) in [4.78, 5) is 27.0. The van der Waals surface area contributed by atoms with Gasteiger partial charge < -0.3 is 24.3 Å². The van der Waals surface area contributed by atoms with Crippen LogP contribution in [0.2, 0.25) is 5.02 Å². The summed E-state index contributed by atoms with van der Waals surface area (Å²) in [5.74, 6) is -1.91. The number of benzene rings is 1. The first-order valence-corrected chi connectivity index (χ1v) is 12.6. The first-order chi connectivity index (χ1) is 17.5. The van der Waals surface area contributed by atoms with Gasteiger partial charge in [-0.05, 0) is 37.3 Å². The van der Waals surface area contributed by atoms with E-state index >= 15 is 0 Å². The molecule has 9 heteroatoms. The Morgan fingerprint density at radius 3 is 1.78 bits per heavy atom. The Bertz CT molecular complexity index is 1050. The molecule has 2 atom stereocenters. The highest BCUT2D eigenvalue weighted by Crippen LogP contribution is 2.42. The zero-order chi connectivity index (χ0) is 27.9. The summed E-state index contributed by atoms with van der Waals surface area (Å²) in [7, 11) is 3.12. The van der Waals surface area contributed by atoms with E-state index in [1.54, 1.807) is 46.3 Å². The van der Waals surface area contributed by atoms with Crippen molar-refractivity contribution in [2.24, 2.45) is 11.8 Å². The van der Waals surface area contributed by atoms with Gasteiger partial charge in [0.25, 0.3) is 0 Å². The van der Waals surface area contributed by atoms with Gasteiger partial charge in [0.15, 0.2) is 0 Å². The summed E-state index contributed by atoms with van der Waals surface area (Å²) in [6.45, 7) is 11.4. The molecule has 2 rings (SSSR count). The number of nitriles is 1. The number of nitrogens with zero attached hydrogens (tertiary/aromatic N) is 1. The fourth-order valence-electron chi connectivity index (χ4n) is 4.24. The molecule has 1 aliphatic rings. The summed E-state index contributed by atoms with van der Waals surface area (Å²) >= 11 is 6.63. The number of nitrogens with one attached hydrogen (secondary N) is 1. The molecule has 0 amide bonds. The minimum atomic E-state index is -0.915. The van der Waals surface area contributed by atoms with Gasteiger partial charge in [0.05, 0.1) is 39.9 Å². The molecule has 0 radical (unpaired) electrons. The first kappa shape index (κ1) is 30.4. The van der Waals surface area contributed by atoms with E-state index in [2.05, 4.69) is 11.4 Å². The third-order valence-corrected chi connectivity index (χ3v) is 6.93. The molecule has 1 N–H and O–H groups in total. The van der Waals surface area contributed by atoms with Crippen molar-refractivity contribution in [1.29, 1.82) is 5.26 Å². The molecule has 0 aliphatic carbocycles.